The van der Waals surface area contributed by atoms with Gasteiger partial charge in [-0.25, -0.2) is 9.78 Å². The first-order valence-corrected chi connectivity index (χ1v) is 12.4. The van der Waals surface area contributed by atoms with Gasteiger partial charge in [-0.15, -0.1) is 11.3 Å². The van der Waals surface area contributed by atoms with E-state index >= 15 is 0 Å². The highest BCUT2D eigenvalue weighted by molar-refractivity contribution is 9.10. The maximum atomic E-state index is 13.2. The number of primary amides is 1. The van der Waals surface area contributed by atoms with Crippen LogP contribution in [-0.4, -0.2) is 46.1 Å². The van der Waals surface area contributed by atoms with Crippen molar-refractivity contribution in [1.29, 1.82) is 0 Å². The fourth-order valence-electron chi connectivity index (χ4n) is 4.86. The molecular weight excluding hydrogens is 508 g/mol. The zero-order chi connectivity index (χ0) is 23.1. The van der Waals surface area contributed by atoms with Gasteiger partial charge in [-0.1, -0.05) is 6.07 Å². The number of rotatable bonds is 5. The van der Waals surface area contributed by atoms with Crippen LogP contribution in [0.3, 0.4) is 0 Å². The Bertz CT molecular complexity index is 1230. The summed E-state index contributed by atoms with van der Waals surface area (Å²) in [5.41, 5.74) is 6.72. The van der Waals surface area contributed by atoms with Gasteiger partial charge < -0.3 is 20.1 Å². The van der Waals surface area contributed by atoms with Gasteiger partial charge in [0.05, 0.1) is 10.9 Å². The van der Waals surface area contributed by atoms with E-state index in [0.717, 1.165) is 33.1 Å². The van der Waals surface area contributed by atoms with E-state index in [4.69, 9.17) is 15.2 Å². The predicted molar refractivity (Wildman–Crippen MR) is 127 cm³/mol. The van der Waals surface area contributed by atoms with Crippen molar-refractivity contribution in [2.75, 3.05) is 13.1 Å². The molecule has 1 saturated carbocycles. The number of carbonyl (C=O) groups is 2. The van der Waals surface area contributed by atoms with Crippen molar-refractivity contribution in [2.45, 2.75) is 32.5 Å². The second kappa shape index (κ2) is 8.90. The Balaban J connectivity index is 1.26. The van der Waals surface area contributed by atoms with Crippen LogP contribution in [0.1, 0.15) is 34.6 Å². The summed E-state index contributed by atoms with van der Waals surface area (Å²) in [6.45, 7) is 3.41. The minimum atomic E-state index is -0.747. The summed E-state index contributed by atoms with van der Waals surface area (Å²) < 4.78 is 12.0. The van der Waals surface area contributed by atoms with Gasteiger partial charge >= 0.3 is 6.09 Å². The topological polar surface area (TPSA) is 108 Å². The standard InChI is InChI=1S/C23H23BrN4O4S/c1-12-26-20(16-6-7-33-21(16)27-12)31-11-13-2-4-15(18(24)8-13)22(29)28-9-14-3-5-19(17(14)10-28)32-23(25)30/h2,4,6-8,14,17,19H,3,5,9-11H2,1H3,(H2,25,30). The number of nitrogens with zero attached hydrogens (tertiary/aromatic N) is 3. The highest BCUT2D eigenvalue weighted by Crippen LogP contribution is 2.40. The number of benzene rings is 1. The molecule has 2 fully saturated rings. The Labute approximate surface area is 203 Å². The average Bonchev–Trinajstić information content (AvgIpc) is 3.48. The number of halogens is 1. The van der Waals surface area contributed by atoms with E-state index in [9.17, 15) is 9.59 Å². The van der Waals surface area contributed by atoms with E-state index < -0.39 is 6.09 Å². The van der Waals surface area contributed by atoms with Gasteiger partial charge in [-0.2, -0.15) is 4.98 Å². The largest absolute Gasteiger partial charge is 0.472 e. The van der Waals surface area contributed by atoms with Crippen molar-refractivity contribution in [3.63, 3.8) is 0 Å². The molecule has 5 rings (SSSR count). The molecule has 3 heterocycles. The monoisotopic (exact) mass is 530 g/mol. The van der Waals surface area contributed by atoms with E-state index in [1.807, 2.05) is 41.5 Å². The lowest BCUT2D eigenvalue weighted by molar-refractivity contribution is 0.0695. The van der Waals surface area contributed by atoms with Gasteiger partial charge in [-0.3, -0.25) is 4.79 Å². The van der Waals surface area contributed by atoms with Gasteiger partial charge in [0.15, 0.2) is 0 Å². The number of ether oxygens (including phenoxy) is 2. The Hall–Kier alpha value is -2.72. The summed E-state index contributed by atoms with van der Waals surface area (Å²) >= 11 is 5.11. The summed E-state index contributed by atoms with van der Waals surface area (Å²) in [5, 5.41) is 2.87. The van der Waals surface area contributed by atoms with E-state index in [-0.39, 0.29) is 17.9 Å². The molecule has 8 nitrogen and oxygen atoms in total. The van der Waals surface area contributed by atoms with Gasteiger partial charge in [-0.05, 0) is 70.8 Å². The Kier molecular flexibility index (Phi) is 5.96. The van der Waals surface area contributed by atoms with Crippen LogP contribution in [-0.2, 0) is 11.3 Å². The third kappa shape index (κ3) is 4.41. The molecule has 2 aliphatic rings. The SMILES string of the molecule is Cc1nc(OCc2ccc(C(=O)N3CC4CCC(OC(N)=O)C4C3)c(Br)c2)c2ccsc2n1. The molecule has 0 bridgehead atoms. The van der Waals surface area contributed by atoms with Crippen molar-refractivity contribution < 1.29 is 19.1 Å². The molecule has 1 saturated heterocycles. The minimum Gasteiger partial charge on any atom is -0.472 e. The smallest absolute Gasteiger partial charge is 0.404 e. The lowest BCUT2D eigenvalue weighted by Crippen LogP contribution is -2.33. The Morgan fingerprint density at radius 1 is 1.24 bits per heavy atom. The van der Waals surface area contributed by atoms with Crippen LogP contribution in [0.25, 0.3) is 10.2 Å². The van der Waals surface area contributed by atoms with E-state index in [1.165, 1.54) is 0 Å². The lowest BCUT2D eigenvalue weighted by atomic mass is 9.99. The quantitative estimate of drug-likeness (QED) is 0.527. The normalized spacial score (nSPS) is 21.9. The maximum Gasteiger partial charge on any atom is 0.404 e. The fourth-order valence-corrected chi connectivity index (χ4v) is 6.26. The highest BCUT2D eigenvalue weighted by Gasteiger charge is 2.45. The van der Waals surface area contributed by atoms with Crippen LogP contribution < -0.4 is 10.5 Å². The molecule has 0 spiro atoms. The number of thiophene rings is 1. The predicted octanol–water partition coefficient (Wildman–Crippen LogP) is 4.29. The number of hydrogen-bond acceptors (Lipinski definition) is 7. The minimum absolute atomic E-state index is 0.0343. The molecule has 2 aromatic heterocycles. The molecule has 2 amide bonds. The third-order valence-electron chi connectivity index (χ3n) is 6.39. The molecule has 172 valence electrons. The number of likely N-dealkylation sites (tertiary alicyclic amines) is 1. The van der Waals surface area contributed by atoms with Crippen LogP contribution in [0.4, 0.5) is 4.79 Å². The molecule has 3 aromatic rings. The summed E-state index contributed by atoms with van der Waals surface area (Å²) in [6.07, 6.45) is 0.794. The molecule has 1 aliphatic carbocycles. The van der Waals surface area contributed by atoms with Crippen molar-refractivity contribution in [1.82, 2.24) is 14.9 Å². The number of nitrogens with two attached hydrogens (primary N) is 1. The molecule has 2 N–H and O–H groups in total. The van der Waals surface area contributed by atoms with Crippen LogP contribution >= 0.6 is 27.3 Å². The summed E-state index contributed by atoms with van der Waals surface area (Å²) in [7, 11) is 0. The molecule has 0 radical (unpaired) electrons. The third-order valence-corrected chi connectivity index (χ3v) is 7.85. The molecular formula is C23H23BrN4O4S. The second-order valence-corrected chi connectivity index (χ2v) is 10.3. The highest BCUT2D eigenvalue weighted by atomic mass is 79.9. The van der Waals surface area contributed by atoms with E-state index in [2.05, 4.69) is 25.9 Å². The first-order valence-electron chi connectivity index (χ1n) is 10.8. The molecule has 1 aliphatic heterocycles. The van der Waals surface area contributed by atoms with Crippen molar-refractivity contribution in [3.05, 3.63) is 51.1 Å². The number of fused-ring (bicyclic) bond motifs is 2. The number of amides is 2. The van der Waals surface area contributed by atoms with Crippen LogP contribution in [0.2, 0.25) is 0 Å². The first kappa shape index (κ1) is 22.1. The summed E-state index contributed by atoms with van der Waals surface area (Å²) in [6, 6.07) is 7.58. The first-order chi connectivity index (χ1) is 15.9. The summed E-state index contributed by atoms with van der Waals surface area (Å²) in [5.74, 6) is 1.69. The van der Waals surface area contributed by atoms with Crippen LogP contribution in [0.5, 0.6) is 5.88 Å². The average molecular weight is 531 g/mol. The number of aryl methyl sites for hydroxylation is 1. The molecule has 3 atom stereocenters. The summed E-state index contributed by atoms with van der Waals surface area (Å²) in [4.78, 5) is 35.9. The zero-order valence-corrected chi connectivity index (χ0v) is 20.4. The van der Waals surface area contributed by atoms with Crippen molar-refractivity contribution in [3.8, 4) is 5.88 Å². The van der Waals surface area contributed by atoms with Gasteiger partial charge in [0, 0.05) is 23.5 Å². The second-order valence-electron chi connectivity index (χ2n) is 8.51. The van der Waals surface area contributed by atoms with Gasteiger partial charge in [0.1, 0.15) is 23.4 Å². The zero-order valence-electron chi connectivity index (χ0n) is 18.0. The van der Waals surface area contributed by atoms with Gasteiger partial charge in [0.2, 0.25) is 5.88 Å². The van der Waals surface area contributed by atoms with Crippen LogP contribution in [0.15, 0.2) is 34.1 Å². The lowest BCUT2D eigenvalue weighted by Gasteiger charge is -2.21. The number of hydrogen-bond donors (Lipinski definition) is 1. The van der Waals surface area contributed by atoms with Gasteiger partial charge in [0.25, 0.3) is 5.91 Å². The van der Waals surface area contributed by atoms with E-state index in [0.29, 0.717) is 42.9 Å². The molecule has 1 aromatic carbocycles. The number of aromatic nitrogens is 2. The molecule has 3 unspecified atom stereocenters. The Morgan fingerprint density at radius 3 is 2.88 bits per heavy atom. The van der Waals surface area contributed by atoms with Crippen molar-refractivity contribution >= 4 is 49.5 Å². The van der Waals surface area contributed by atoms with Crippen molar-refractivity contribution in [2.24, 2.45) is 17.6 Å². The maximum absolute atomic E-state index is 13.2. The fraction of sp³-hybridized carbons (Fsp3) is 0.391. The van der Waals surface area contributed by atoms with Crippen LogP contribution in [0, 0.1) is 18.8 Å². The molecule has 10 heteroatoms. The number of carbonyl (C=O) groups excluding carboxylic acids is 2. The Morgan fingerprint density at radius 2 is 2.09 bits per heavy atom. The van der Waals surface area contributed by atoms with E-state index in [1.54, 1.807) is 11.3 Å². The molecule has 33 heavy (non-hydrogen) atoms.